The standard InChI is InChI=1S/C23H26N4O4S2/c1-5-12-27-20(16-10-8-9-11-18(16)30-6-2)25-26-23(27)32-14-19(28)24-21-17(13-15(4)33-21)22(29)31-7-3/h5,8-11,13H,1,6-7,12,14H2,2-4H3,(H,24,28). The number of carbonyl (C=O) groups is 2. The molecule has 1 aromatic carbocycles. The van der Waals surface area contributed by atoms with Gasteiger partial charge in [-0.15, -0.1) is 28.1 Å². The van der Waals surface area contributed by atoms with Crippen LogP contribution in [-0.4, -0.2) is 45.6 Å². The molecule has 0 saturated carbocycles. The fourth-order valence-electron chi connectivity index (χ4n) is 3.08. The maximum absolute atomic E-state index is 12.6. The first kappa shape index (κ1) is 24.5. The second-order valence-electron chi connectivity index (χ2n) is 6.79. The minimum atomic E-state index is -0.451. The van der Waals surface area contributed by atoms with Gasteiger partial charge >= 0.3 is 5.97 Å². The van der Waals surface area contributed by atoms with Crippen molar-refractivity contribution < 1.29 is 19.1 Å². The lowest BCUT2D eigenvalue weighted by molar-refractivity contribution is -0.113. The number of thioether (sulfide) groups is 1. The first-order valence-electron chi connectivity index (χ1n) is 10.4. The van der Waals surface area contributed by atoms with Crippen molar-refractivity contribution in [1.29, 1.82) is 0 Å². The van der Waals surface area contributed by atoms with Crippen molar-refractivity contribution in [3.63, 3.8) is 0 Å². The molecule has 0 bridgehead atoms. The molecule has 0 spiro atoms. The summed E-state index contributed by atoms with van der Waals surface area (Å²) in [7, 11) is 0. The Labute approximate surface area is 201 Å². The number of aryl methyl sites for hydroxylation is 1. The summed E-state index contributed by atoms with van der Waals surface area (Å²) in [5.41, 5.74) is 1.18. The van der Waals surface area contributed by atoms with Gasteiger partial charge in [-0.05, 0) is 39.0 Å². The molecule has 33 heavy (non-hydrogen) atoms. The molecule has 0 saturated heterocycles. The van der Waals surface area contributed by atoms with E-state index in [0.717, 1.165) is 10.4 Å². The topological polar surface area (TPSA) is 95.3 Å². The van der Waals surface area contributed by atoms with E-state index in [1.807, 2.05) is 42.7 Å². The summed E-state index contributed by atoms with van der Waals surface area (Å²) in [5, 5.41) is 12.5. The van der Waals surface area contributed by atoms with E-state index in [2.05, 4.69) is 22.1 Å². The molecule has 1 amide bonds. The van der Waals surface area contributed by atoms with Gasteiger partial charge in [-0.3, -0.25) is 9.36 Å². The number of rotatable bonds is 11. The summed E-state index contributed by atoms with van der Waals surface area (Å²) in [5.74, 6) is 0.749. The number of hydrogen-bond donors (Lipinski definition) is 1. The van der Waals surface area contributed by atoms with Crippen molar-refractivity contribution in [3.05, 3.63) is 53.4 Å². The van der Waals surface area contributed by atoms with Crippen molar-refractivity contribution in [2.24, 2.45) is 0 Å². The lowest BCUT2D eigenvalue weighted by atomic mass is 10.2. The average Bonchev–Trinajstić information content (AvgIpc) is 3.36. The summed E-state index contributed by atoms with van der Waals surface area (Å²) >= 11 is 2.59. The molecule has 2 aromatic heterocycles. The van der Waals surface area contributed by atoms with Crippen molar-refractivity contribution >= 4 is 40.0 Å². The zero-order valence-electron chi connectivity index (χ0n) is 18.8. The predicted molar refractivity (Wildman–Crippen MR) is 131 cm³/mol. The van der Waals surface area contributed by atoms with E-state index in [0.29, 0.717) is 40.4 Å². The Morgan fingerprint density at radius 3 is 2.76 bits per heavy atom. The van der Waals surface area contributed by atoms with Crippen molar-refractivity contribution in [2.45, 2.75) is 32.5 Å². The van der Waals surface area contributed by atoms with Crippen molar-refractivity contribution in [3.8, 4) is 17.1 Å². The molecule has 0 atom stereocenters. The zero-order chi connectivity index (χ0) is 23.8. The van der Waals surface area contributed by atoms with Gasteiger partial charge in [0.1, 0.15) is 10.8 Å². The Morgan fingerprint density at radius 2 is 2.03 bits per heavy atom. The summed E-state index contributed by atoms with van der Waals surface area (Å²) in [6.07, 6.45) is 1.75. The van der Waals surface area contributed by atoms with Crippen molar-refractivity contribution in [2.75, 3.05) is 24.3 Å². The number of benzene rings is 1. The van der Waals surface area contributed by atoms with Crippen LogP contribution in [0.4, 0.5) is 5.00 Å². The number of ether oxygens (including phenoxy) is 2. The molecule has 3 aromatic rings. The van der Waals surface area contributed by atoms with Gasteiger partial charge in [0.15, 0.2) is 11.0 Å². The molecule has 0 aliphatic heterocycles. The molecule has 8 nitrogen and oxygen atoms in total. The number of anilines is 1. The van der Waals surface area contributed by atoms with E-state index in [-0.39, 0.29) is 18.3 Å². The normalized spacial score (nSPS) is 10.6. The van der Waals surface area contributed by atoms with Gasteiger partial charge in [0.2, 0.25) is 5.91 Å². The SMILES string of the molecule is C=CCn1c(SCC(=O)Nc2sc(C)cc2C(=O)OCC)nnc1-c1ccccc1OCC. The maximum Gasteiger partial charge on any atom is 0.341 e. The van der Waals surface area contributed by atoms with E-state index in [9.17, 15) is 9.59 Å². The molecule has 0 fully saturated rings. The molecular weight excluding hydrogens is 460 g/mol. The summed E-state index contributed by atoms with van der Waals surface area (Å²) in [6, 6.07) is 9.34. The number of hydrogen-bond acceptors (Lipinski definition) is 8. The number of thiophene rings is 1. The molecule has 1 N–H and O–H groups in total. The monoisotopic (exact) mass is 486 g/mol. The largest absolute Gasteiger partial charge is 0.493 e. The van der Waals surface area contributed by atoms with Crippen LogP contribution in [0.25, 0.3) is 11.4 Å². The fraction of sp³-hybridized carbons (Fsp3) is 0.304. The number of carbonyl (C=O) groups excluding carboxylic acids is 2. The molecule has 0 aliphatic rings. The van der Waals surface area contributed by atoms with Gasteiger partial charge in [0, 0.05) is 11.4 Å². The number of nitrogens with zero attached hydrogens (tertiary/aromatic N) is 3. The summed E-state index contributed by atoms with van der Waals surface area (Å²) in [6.45, 7) is 10.6. The van der Waals surface area contributed by atoms with Crippen LogP contribution in [0.1, 0.15) is 29.1 Å². The van der Waals surface area contributed by atoms with Crippen LogP contribution in [-0.2, 0) is 16.1 Å². The van der Waals surface area contributed by atoms with Gasteiger partial charge in [0.25, 0.3) is 0 Å². The smallest absolute Gasteiger partial charge is 0.341 e. The number of nitrogens with one attached hydrogen (secondary N) is 1. The van der Waals surface area contributed by atoms with E-state index in [1.54, 1.807) is 19.1 Å². The van der Waals surface area contributed by atoms with Crippen LogP contribution in [0.5, 0.6) is 5.75 Å². The van der Waals surface area contributed by atoms with Crippen LogP contribution in [0.3, 0.4) is 0 Å². The quantitative estimate of drug-likeness (QED) is 0.236. The minimum Gasteiger partial charge on any atom is -0.493 e. The maximum atomic E-state index is 12.6. The number of esters is 1. The third-order valence-electron chi connectivity index (χ3n) is 4.39. The Morgan fingerprint density at radius 1 is 1.24 bits per heavy atom. The Kier molecular flexibility index (Phi) is 8.67. The second kappa shape index (κ2) is 11.7. The highest BCUT2D eigenvalue weighted by Gasteiger charge is 2.20. The first-order chi connectivity index (χ1) is 16.0. The lowest BCUT2D eigenvalue weighted by Crippen LogP contribution is -2.16. The van der Waals surface area contributed by atoms with E-state index < -0.39 is 5.97 Å². The molecule has 0 radical (unpaired) electrons. The molecular formula is C23H26N4O4S2. The molecule has 0 aliphatic carbocycles. The van der Waals surface area contributed by atoms with Crippen LogP contribution in [0.2, 0.25) is 0 Å². The number of allylic oxidation sites excluding steroid dienone is 1. The Hall–Kier alpha value is -3.11. The molecule has 3 rings (SSSR count). The third kappa shape index (κ3) is 6.02. The minimum absolute atomic E-state index is 0.0988. The van der Waals surface area contributed by atoms with Gasteiger partial charge in [-0.1, -0.05) is 30.0 Å². The summed E-state index contributed by atoms with van der Waals surface area (Å²) in [4.78, 5) is 25.7. The number of aromatic nitrogens is 3. The highest BCUT2D eigenvalue weighted by atomic mass is 32.2. The number of amides is 1. The van der Waals surface area contributed by atoms with E-state index in [1.165, 1.54) is 23.1 Å². The van der Waals surface area contributed by atoms with E-state index in [4.69, 9.17) is 9.47 Å². The summed E-state index contributed by atoms with van der Waals surface area (Å²) < 4.78 is 12.7. The Bertz CT molecular complexity index is 1140. The van der Waals surface area contributed by atoms with Gasteiger partial charge in [-0.2, -0.15) is 0 Å². The van der Waals surface area contributed by atoms with Gasteiger partial charge in [0.05, 0.1) is 30.1 Å². The van der Waals surface area contributed by atoms with Crippen LogP contribution in [0.15, 0.2) is 48.1 Å². The molecule has 10 heteroatoms. The Balaban J connectivity index is 1.76. The molecule has 0 unspecified atom stereocenters. The van der Waals surface area contributed by atoms with E-state index >= 15 is 0 Å². The number of para-hydroxylation sites is 1. The average molecular weight is 487 g/mol. The second-order valence-corrected chi connectivity index (χ2v) is 8.99. The molecule has 174 valence electrons. The first-order valence-corrected chi connectivity index (χ1v) is 12.2. The van der Waals surface area contributed by atoms with Crippen LogP contribution in [0, 0.1) is 6.92 Å². The van der Waals surface area contributed by atoms with Gasteiger partial charge < -0.3 is 14.8 Å². The van der Waals surface area contributed by atoms with Crippen molar-refractivity contribution in [1.82, 2.24) is 14.8 Å². The van der Waals surface area contributed by atoms with Crippen LogP contribution < -0.4 is 10.1 Å². The highest BCUT2D eigenvalue weighted by molar-refractivity contribution is 7.99. The third-order valence-corrected chi connectivity index (χ3v) is 6.32. The fourth-order valence-corrected chi connectivity index (χ4v) is 4.75. The zero-order valence-corrected chi connectivity index (χ0v) is 20.4. The van der Waals surface area contributed by atoms with Gasteiger partial charge in [-0.25, -0.2) is 4.79 Å². The predicted octanol–water partition coefficient (Wildman–Crippen LogP) is 4.81. The highest BCUT2D eigenvalue weighted by Crippen LogP contribution is 2.32. The van der Waals surface area contributed by atoms with Crippen LogP contribution >= 0.6 is 23.1 Å². The lowest BCUT2D eigenvalue weighted by Gasteiger charge is -2.11. The molecule has 2 heterocycles.